The fourth-order valence-corrected chi connectivity index (χ4v) is 3.44. The Balaban J connectivity index is 1.66. The molecule has 2 heterocycles. The topological polar surface area (TPSA) is 59.5 Å². The highest BCUT2D eigenvalue weighted by atomic mass is 16.5. The lowest BCUT2D eigenvalue weighted by atomic mass is 10.1. The number of esters is 1. The number of carbonyl (C=O) groups excluding carboxylic acids is 2. The summed E-state index contributed by atoms with van der Waals surface area (Å²) in [5, 5.41) is 1.62. The Morgan fingerprint density at radius 1 is 0.926 bits per heavy atom. The van der Waals surface area contributed by atoms with Gasteiger partial charge in [0, 0.05) is 30.2 Å². The van der Waals surface area contributed by atoms with E-state index < -0.39 is 12.1 Å². The number of pyridine rings is 1. The summed E-state index contributed by atoms with van der Waals surface area (Å²) in [5.74, 6) is -0.763. The maximum Gasteiger partial charge on any atom is 0.358 e. The molecule has 1 amide bonds. The first-order valence-corrected chi connectivity index (χ1v) is 9.12. The van der Waals surface area contributed by atoms with Gasteiger partial charge in [-0.05, 0) is 24.3 Å². The van der Waals surface area contributed by atoms with Gasteiger partial charge in [0.15, 0.2) is 5.69 Å². The molecule has 1 aliphatic rings. The van der Waals surface area contributed by atoms with Crippen LogP contribution in [0.25, 0.3) is 10.8 Å². The minimum absolute atomic E-state index is 0.174. The molecule has 1 fully saturated rings. The lowest BCUT2D eigenvalue weighted by molar-refractivity contribution is -0.140. The van der Waals surface area contributed by atoms with Crippen LogP contribution in [0.1, 0.15) is 35.0 Å². The number of hydrogen-bond acceptors (Lipinski definition) is 4. The van der Waals surface area contributed by atoms with Crippen molar-refractivity contribution in [2.45, 2.75) is 18.9 Å². The van der Waals surface area contributed by atoms with Gasteiger partial charge in [-0.2, -0.15) is 0 Å². The minimum atomic E-state index is -0.961. The zero-order valence-electron chi connectivity index (χ0n) is 14.9. The SMILES string of the molecule is O=C(O[C@@H](C(=O)N1CCCC1)c1ccccc1)c1nccc2ccccc12. The summed E-state index contributed by atoms with van der Waals surface area (Å²) in [6.45, 7) is 1.40. The first-order chi connectivity index (χ1) is 13.2. The van der Waals surface area contributed by atoms with Crippen molar-refractivity contribution in [3.8, 4) is 0 Å². The van der Waals surface area contributed by atoms with Crippen molar-refractivity contribution in [3.63, 3.8) is 0 Å². The van der Waals surface area contributed by atoms with Crippen molar-refractivity contribution >= 4 is 22.6 Å². The molecule has 0 radical (unpaired) electrons. The third kappa shape index (κ3) is 3.53. The van der Waals surface area contributed by atoms with Gasteiger partial charge in [-0.3, -0.25) is 4.79 Å². The van der Waals surface area contributed by atoms with Gasteiger partial charge in [-0.15, -0.1) is 0 Å². The van der Waals surface area contributed by atoms with Gasteiger partial charge in [-0.1, -0.05) is 54.6 Å². The predicted molar refractivity (Wildman–Crippen MR) is 102 cm³/mol. The third-order valence-electron chi connectivity index (χ3n) is 4.84. The number of likely N-dealkylation sites (tertiary alicyclic amines) is 1. The van der Waals surface area contributed by atoms with E-state index in [4.69, 9.17) is 4.74 Å². The normalized spacial score (nSPS) is 14.9. The van der Waals surface area contributed by atoms with E-state index >= 15 is 0 Å². The van der Waals surface area contributed by atoms with Crippen LogP contribution >= 0.6 is 0 Å². The van der Waals surface area contributed by atoms with Gasteiger partial charge in [0.25, 0.3) is 5.91 Å². The summed E-state index contributed by atoms with van der Waals surface area (Å²) >= 11 is 0. The lowest BCUT2D eigenvalue weighted by Crippen LogP contribution is -2.35. The molecule has 5 nitrogen and oxygen atoms in total. The molecule has 5 heteroatoms. The monoisotopic (exact) mass is 360 g/mol. The van der Waals surface area contributed by atoms with E-state index in [1.165, 1.54) is 0 Å². The number of fused-ring (bicyclic) bond motifs is 1. The van der Waals surface area contributed by atoms with Crippen molar-refractivity contribution in [3.05, 3.63) is 78.1 Å². The number of nitrogens with zero attached hydrogens (tertiary/aromatic N) is 2. The molecule has 0 saturated carbocycles. The van der Waals surface area contributed by atoms with Crippen LogP contribution in [0.2, 0.25) is 0 Å². The number of ether oxygens (including phenoxy) is 1. The van der Waals surface area contributed by atoms with E-state index in [0.717, 1.165) is 18.2 Å². The predicted octanol–water partition coefficient (Wildman–Crippen LogP) is 3.76. The summed E-state index contributed by atoms with van der Waals surface area (Å²) in [4.78, 5) is 31.9. The molecule has 27 heavy (non-hydrogen) atoms. The van der Waals surface area contributed by atoms with Crippen LogP contribution in [0, 0.1) is 0 Å². The molecular formula is C22H20N2O3. The number of carbonyl (C=O) groups is 2. The molecule has 1 atom stereocenters. The van der Waals surface area contributed by atoms with Crippen LogP contribution in [0.4, 0.5) is 0 Å². The van der Waals surface area contributed by atoms with Gasteiger partial charge in [-0.25, -0.2) is 9.78 Å². The molecule has 0 bridgehead atoms. The Hall–Kier alpha value is -3.21. The molecule has 1 saturated heterocycles. The molecule has 0 unspecified atom stereocenters. The van der Waals surface area contributed by atoms with Crippen molar-refractivity contribution in [2.24, 2.45) is 0 Å². The summed E-state index contributed by atoms with van der Waals surface area (Å²) in [5.41, 5.74) is 0.895. The Kier molecular flexibility index (Phi) is 4.83. The van der Waals surface area contributed by atoms with E-state index in [2.05, 4.69) is 4.98 Å². The number of amides is 1. The van der Waals surface area contributed by atoms with E-state index in [0.29, 0.717) is 24.0 Å². The van der Waals surface area contributed by atoms with Crippen molar-refractivity contribution < 1.29 is 14.3 Å². The van der Waals surface area contributed by atoms with Crippen LogP contribution < -0.4 is 0 Å². The quantitative estimate of drug-likeness (QED) is 0.665. The molecule has 1 aliphatic heterocycles. The highest BCUT2D eigenvalue weighted by Gasteiger charge is 2.31. The second kappa shape index (κ2) is 7.58. The van der Waals surface area contributed by atoms with Crippen molar-refractivity contribution in [1.29, 1.82) is 0 Å². The molecule has 4 rings (SSSR count). The highest BCUT2D eigenvalue weighted by molar-refractivity contribution is 6.03. The molecule has 1 aromatic heterocycles. The lowest BCUT2D eigenvalue weighted by Gasteiger charge is -2.23. The number of rotatable bonds is 4. The van der Waals surface area contributed by atoms with Crippen LogP contribution in [0.15, 0.2) is 66.9 Å². The Labute approximate surface area is 157 Å². The Morgan fingerprint density at radius 2 is 1.63 bits per heavy atom. The summed E-state index contributed by atoms with van der Waals surface area (Å²) in [7, 11) is 0. The molecular weight excluding hydrogens is 340 g/mol. The maximum absolute atomic E-state index is 13.0. The first-order valence-electron chi connectivity index (χ1n) is 9.12. The maximum atomic E-state index is 13.0. The second-order valence-electron chi connectivity index (χ2n) is 6.61. The Morgan fingerprint density at radius 3 is 2.41 bits per heavy atom. The van der Waals surface area contributed by atoms with Gasteiger partial charge in [0.1, 0.15) is 0 Å². The first kappa shape index (κ1) is 17.2. The van der Waals surface area contributed by atoms with Crippen LogP contribution in [-0.2, 0) is 9.53 Å². The smallest absolute Gasteiger partial charge is 0.358 e. The number of benzene rings is 2. The van der Waals surface area contributed by atoms with Crippen LogP contribution in [0.5, 0.6) is 0 Å². The van der Waals surface area contributed by atoms with Crippen molar-refractivity contribution in [1.82, 2.24) is 9.88 Å². The molecule has 3 aromatic rings. The molecule has 0 aliphatic carbocycles. The number of aromatic nitrogens is 1. The zero-order valence-corrected chi connectivity index (χ0v) is 14.9. The largest absolute Gasteiger partial charge is 0.443 e. The molecule has 2 aromatic carbocycles. The Bertz CT molecular complexity index is 960. The average Bonchev–Trinajstić information content (AvgIpc) is 3.26. The summed E-state index contributed by atoms with van der Waals surface area (Å²) in [6, 6.07) is 18.5. The summed E-state index contributed by atoms with van der Waals surface area (Å²) in [6.07, 6.45) is 2.58. The van der Waals surface area contributed by atoms with E-state index in [1.54, 1.807) is 11.1 Å². The fraction of sp³-hybridized carbons (Fsp3) is 0.227. The average molecular weight is 360 g/mol. The second-order valence-corrected chi connectivity index (χ2v) is 6.61. The van der Waals surface area contributed by atoms with E-state index in [9.17, 15) is 9.59 Å². The van der Waals surface area contributed by atoms with Crippen LogP contribution in [-0.4, -0.2) is 34.8 Å². The van der Waals surface area contributed by atoms with E-state index in [-0.39, 0.29) is 11.6 Å². The minimum Gasteiger partial charge on any atom is -0.443 e. The van der Waals surface area contributed by atoms with Gasteiger partial charge >= 0.3 is 5.97 Å². The standard InChI is InChI=1S/C22H20N2O3/c25-21(24-14-6-7-15-24)20(17-9-2-1-3-10-17)27-22(26)19-18-11-5-4-8-16(18)12-13-23-19/h1-5,8-13,20H,6-7,14-15H2/t20-/m1/s1. The van der Waals surface area contributed by atoms with Gasteiger partial charge < -0.3 is 9.64 Å². The molecule has 136 valence electrons. The molecule has 0 N–H and O–H groups in total. The van der Waals surface area contributed by atoms with E-state index in [1.807, 2.05) is 60.7 Å². The third-order valence-corrected chi connectivity index (χ3v) is 4.84. The molecule has 0 spiro atoms. The van der Waals surface area contributed by atoms with Gasteiger partial charge in [0.05, 0.1) is 0 Å². The number of hydrogen-bond donors (Lipinski definition) is 0. The van der Waals surface area contributed by atoms with Crippen LogP contribution in [0.3, 0.4) is 0 Å². The fourth-order valence-electron chi connectivity index (χ4n) is 3.44. The summed E-state index contributed by atoms with van der Waals surface area (Å²) < 4.78 is 5.71. The highest BCUT2D eigenvalue weighted by Crippen LogP contribution is 2.25. The zero-order chi connectivity index (χ0) is 18.6. The van der Waals surface area contributed by atoms with Crippen molar-refractivity contribution in [2.75, 3.05) is 13.1 Å². The van der Waals surface area contributed by atoms with Gasteiger partial charge in [0.2, 0.25) is 6.10 Å².